The zero-order valence-corrected chi connectivity index (χ0v) is 15.2. The first-order chi connectivity index (χ1) is 12.6. The second-order valence-corrected chi connectivity index (χ2v) is 6.68. The van der Waals surface area contributed by atoms with E-state index in [1.807, 2.05) is 0 Å². The first-order valence-electron chi connectivity index (χ1n) is 8.15. The van der Waals surface area contributed by atoms with Crippen LogP contribution >= 0.6 is 11.3 Å². The summed E-state index contributed by atoms with van der Waals surface area (Å²) in [6.07, 6.45) is -0.850. The van der Waals surface area contributed by atoms with Crippen LogP contribution in [0.5, 0.6) is 5.75 Å². The highest BCUT2D eigenvalue weighted by Crippen LogP contribution is 2.42. The number of carbonyl (C=O) groups excluding carboxylic acids is 3. The molecular formula is C19H18O6S. The summed E-state index contributed by atoms with van der Waals surface area (Å²) in [6.45, 7) is 1.77. The van der Waals surface area contributed by atoms with Crippen LogP contribution in [0.1, 0.15) is 28.3 Å². The predicted octanol–water partition coefficient (Wildman–Crippen LogP) is 3.03. The summed E-state index contributed by atoms with van der Waals surface area (Å²) in [4.78, 5) is 38.2. The van der Waals surface area contributed by atoms with Crippen molar-refractivity contribution >= 4 is 29.1 Å². The zero-order valence-electron chi connectivity index (χ0n) is 14.3. The van der Waals surface area contributed by atoms with Crippen molar-refractivity contribution < 1.29 is 28.6 Å². The normalized spacial score (nSPS) is 21.9. The summed E-state index contributed by atoms with van der Waals surface area (Å²) in [5, 5.41) is 1.77. The molecule has 1 aliphatic heterocycles. The molecule has 1 saturated heterocycles. The number of cyclic esters (lactones) is 1. The van der Waals surface area contributed by atoms with Crippen molar-refractivity contribution in [3.63, 3.8) is 0 Å². The molecule has 1 aliphatic rings. The molecule has 0 saturated carbocycles. The second-order valence-electron chi connectivity index (χ2n) is 5.73. The highest BCUT2D eigenvalue weighted by molar-refractivity contribution is 7.12. The maximum atomic E-state index is 13.0. The van der Waals surface area contributed by atoms with Crippen LogP contribution in [-0.4, -0.2) is 31.4 Å². The highest BCUT2D eigenvalue weighted by Gasteiger charge is 2.54. The Morgan fingerprint density at radius 1 is 1.19 bits per heavy atom. The van der Waals surface area contributed by atoms with E-state index >= 15 is 0 Å². The molecule has 0 unspecified atom stereocenters. The Morgan fingerprint density at radius 3 is 2.50 bits per heavy atom. The molecule has 136 valence electrons. The van der Waals surface area contributed by atoms with Gasteiger partial charge in [0.25, 0.3) is 0 Å². The maximum Gasteiger partial charge on any atom is 0.321 e. The number of hydrogen-bond donors (Lipinski definition) is 0. The Kier molecular flexibility index (Phi) is 5.37. The van der Waals surface area contributed by atoms with Crippen LogP contribution in [0, 0.1) is 11.8 Å². The number of carbonyl (C=O) groups is 3. The molecule has 3 atom stereocenters. The van der Waals surface area contributed by atoms with Gasteiger partial charge in [0.2, 0.25) is 0 Å². The predicted molar refractivity (Wildman–Crippen MR) is 94.1 cm³/mol. The Hall–Kier alpha value is -2.67. The molecule has 0 radical (unpaired) electrons. The molecule has 0 aliphatic carbocycles. The molecule has 26 heavy (non-hydrogen) atoms. The van der Waals surface area contributed by atoms with E-state index in [-0.39, 0.29) is 12.4 Å². The van der Waals surface area contributed by atoms with Crippen molar-refractivity contribution in [2.75, 3.05) is 13.7 Å². The molecule has 1 aromatic carbocycles. The van der Waals surface area contributed by atoms with Crippen LogP contribution in [-0.2, 0) is 19.1 Å². The number of esters is 2. The summed E-state index contributed by atoms with van der Waals surface area (Å²) >= 11 is 1.26. The van der Waals surface area contributed by atoms with Crippen molar-refractivity contribution in [1.82, 2.24) is 0 Å². The fourth-order valence-corrected chi connectivity index (χ4v) is 3.72. The van der Waals surface area contributed by atoms with E-state index in [4.69, 9.17) is 14.2 Å². The van der Waals surface area contributed by atoms with Gasteiger partial charge in [-0.1, -0.05) is 18.2 Å². The fraction of sp³-hybridized carbons (Fsp3) is 0.316. The van der Waals surface area contributed by atoms with Crippen LogP contribution in [0.2, 0.25) is 0 Å². The largest absolute Gasteiger partial charge is 0.497 e. The van der Waals surface area contributed by atoms with Crippen molar-refractivity contribution in [3.05, 3.63) is 52.2 Å². The third-order valence-electron chi connectivity index (χ3n) is 4.23. The molecule has 1 aromatic heterocycles. The van der Waals surface area contributed by atoms with E-state index in [1.165, 1.54) is 11.3 Å². The van der Waals surface area contributed by atoms with Gasteiger partial charge < -0.3 is 14.2 Å². The van der Waals surface area contributed by atoms with E-state index in [2.05, 4.69) is 0 Å². The first-order valence-corrected chi connectivity index (χ1v) is 9.03. The SMILES string of the molecule is CCOC(=O)[C@@H]1C(=O)O[C@@H](c2ccc(OC)cc2)[C@H]1C(=O)c1cccs1. The molecule has 3 rings (SSSR count). The molecule has 1 fully saturated rings. The van der Waals surface area contributed by atoms with Gasteiger partial charge in [0.05, 0.1) is 24.5 Å². The van der Waals surface area contributed by atoms with Gasteiger partial charge in [-0.25, -0.2) is 0 Å². The summed E-state index contributed by atoms with van der Waals surface area (Å²) in [7, 11) is 1.55. The van der Waals surface area contributed by atoms with Crippen molar-refractivity contribution in [2.45, 2.75) is 13.0 Å². The van der Waals surface area contributed by atoms with Gasteiger partial charge in [0, 0.05) is 0 Å². The lowest BCUT2D eigenvalue weighted by Gasteiger charge is -2.19. The van der Waals surface area contributed by atoms with Gasteiger partial charge in [-0.05, 0) is 36.1 Å². The van der Waals surface area contributed by atoms with E-state index in [1.54, 1.807) is 55.8 Å². The third-order valence-corrected chi connectivity index (χ3v) is 5.12. The topological polar surface area (TPSA) is 78.9 Å². The quantitative estimate of drug-likeness (QED) is 0.439. The van der Waals surface area contributed by atoms with Gasteiger partial charge in [0.15, 0.2) is 11.7 Å². The van der Waals surface area contributed by atoms with Crippen LogP contribution in [0.15, 0.2) is 41.8 Å². The van der Waals surface area contributed by atoms with E-state index in [9.17, 15) is 14.4 Å². The van der Waals surface area contributed by atoms with Gasteiger partial charge in [-0.3, -0.25) is 14.4 Å². The molecule has 2 heterocycles. The summed E-state index contributed by atoms with van der Waals surface area (Å²) in [5.74, 6) is -3.36. The van der Waals surface area contributed by atoms with Crippen molar-refractivity contribution in [2.24, 2.45) is 11.8 Å². The number of ketones is 1. The fourth-order valence-electron chi connectivity index (χ4n) is 3.01. The summed E-state index contributed by atoms with van der Waals surface area (Å²) in [6, 6.07) is 10.3. The lowest BCUT2D eigenvalue weighted by Crippen LogP contribution is -2.33. The summed E-state index contributed by atoms with van der Waals surface area (Å²) < 4.78 is 15.6. The van der Waals surface area contributed by atoms with Crippen LogP contribution in [0.25, 0.3) is 0 Å². The average Bonchev–Trinajstić information content (AvgIpc) is 3.29. The maximum absolute atomic E-state index is 13.0. The number of benzene rings is 1. The molecule has 2 aromatic rings. The monoisotopic (exact) mass is 374 g/mol. The minimum absolute atomic E-state index is 0.121. The van der Waals surface area contributed by atoms with Crippen LogP contribution < -0.4 is 4.74 Å². The molecule has 0 amide bonds. The highest BCUT2D eigenvalue weighted by atomic mass is 32.1. The molecule has 0 bridgehead atoms. The molecule has 0 spiro atoms. The standard InChI is InChI=1S/C19H18O6S/c1-3-24-18(21)15-14(16(20)13-5-4-10-26-13)17(25-19(15)22)11-6-8-12(23-2)9-7-11/h4-10,14-15,17H,3H2,1-2H3/t14-,15-,17+/m1/s1. The first kappa shape index (κ1) is 18.1. The third kappa shape index (κ3) is 3.35. The Morgan fingerprint density at radius 2 is 1.92 bits per heavy atom. The summed E-state index contributed by atoms with van der Waals surface area (Å²) in [5.41, 5.74) is 0.626. The number of methoxy groups -OCH3 is 1. The van der Waals surface area contributed by atoms with Crippen molar-refractivity contribution in [3.8, 4) is 5.75 Å². The lowest BCUT2D eigenvalue weighted by atomic mass is 9.83. The van der Waals surface area contributed by atoms with Crippen LogP contribution in [0.4, 0.5) is 0 Å². The number of Topliss-reactive ketones (excluding diaryl/α,β-unsaturated/α-hetero) is 1. The Bertz CT molecular complexity index is 796. The minimum Gasteiger partial charge on any atom is -0.497 e. The minimum atomic E-state index is -1.27. The lowest BCUT2D eigenvalue weighted by molar-refractivity contribution is -0.156. The van der Waals surface area contributed by atoms with Gasteiger partial charge in [-0.15, -0.1) is 11.3 Å². The Balaban J connectivity index is 1.99. The Labute approximate surface area is 154 Å². The number of thiophene rings is 1. The second kappa shape index (κ2) is 7.70. The zero-order chi connectivity index (χ0) is 18.7. The molecule has 7 heteroatoms. The number of hydrogen-bond acceptors (Lipinski definition) is 7. The molecule has 6 nitrogen and oxygen atoms in total. The van der Waals surface area contributed by atoms with Gasteiger partial charge >= 0.3 is 11.9 Å². The van der Waals surface area contributed by atoms with Crippen molar-refractivity contribution in [1.29, 1.82) is 0 Å². The molecular weight excluding hydrogens is 356 g/mol. The van der Waals surface area contributed by atoms with Crippen LogP contribution in [0.3, 0.4) is 0 Å². The number of rotatable bonds is 6. The smallest absolute Gasteiger partial charge is 0.321 e. The van der Waals surface area contributed by atoms with E-state index in [0.717, 1.165) is 0 Å². The van der Waals surface area contributed by atoms with Gasteiger partial charge in [-0.2, -0.15) is 0 Å². The van der Waals surface area contributed by atoms with E-state index < -0.39 is 29.9 Å². The van der Waals surface area contributed by atoms with Gasteiger partial charge in [0.1, 0.15) is 11.9 Å². The van der Waals surface area contributed by atoms with E-state index in [0.29, 0.717) is 16.2 Å². The number of ether oxygens (including phenoxy) is 3. The molecule has 0 N–H and O–H groups in total. The average molecular weight is 374 g/mol.